The van der Waals surface area contributed by atoms with Crippen LogP contribution in [0.4, 0.5) is 0 Å². The highest BCUT2D eigenvalue weighted by molar-refractivity contribution is 5.15. The molecule has 0 aliphatic carbocycles. The summed E-state index contributed by atoms with van der Waals surface area (Å²) >= 11 is 0. The monoisotopic (exact) mass is 379 g/mol. The van der Waals surface area contributed by atoms with Gasteiger partial charge in [0.2, 0.25) is 0 Å². The van der Waals surface area contributed by atoms with Crippen molar-refractivity contribution in [1.29, 1.82) is 0 Å². The van der Waals surface area contributed by atoms with Crippen molar-refractivity contribution in [2.45, 2.75) is 113 Å². The standard InChI is InChI=1S/C23H45N3O/c1-14-27-23(12,13)19(4,5)16-20(6,7)26-15-18(24-25-26)22(10,11)21(8,9)17(2)3/h15,17H,14,16H2,1-13H3. The van der Waals surface area contributed by atoms with Gasteiger partial charge in [-0.25, -0.2) is 4.68 Å². The fourth-order valence-electron chi connectivity index (χ4n) is 3.83. The fraction of sp³-hybridized carbons (Fsp3) is 0.913. The van der Waals surface area contributed by atoms with Crippen molar-refractivity contribution in [2.24, 2.45) is 16.7 Å². The largest absolute Gasteiger partial charge is 0.375 e. The van der Waals surface area contributed by atoms with Crippen molar-refractivity contribution < 1.29 is 4.74 Å². The molecule has 1 aromatic heterocycles. The Morgan fingerprint density at radius 2 is 1.48 bits per heavy atom. The first-order valence-electron chi connectivity index (χ1n) is 10.5. The van der Waals surface area contributed by atoms with Crippen molar-refractivity contribution in [3.63, 3.8) is 0 Å². The molecule has 4 nitrogen and oxygen atoms in total. The second-order valence-corrected chi connectivity index (χ2v) is 11.4. The Bertz CT molecular complexity index is 621. The zero-order chi connectivity index (χ0) is 21.5. The van der Waals surface area contributed by atoms with Gasteiger partial charge < -0.3 is 4.74 Å². The molecule has 0 radical (unpaired) electrons. The van der Waals surface area contributed by atoms with Crippen LogP contribution in [0, 0.1) is 16.7 Å². The summed E-state index contributed by atoms with van der Waals surface area (Å²) in [5.41, 5.74) is 0.758. The summed E-state index contributed by atoms with van der Waals surface area (Å²) < 4.78 is 8.12. The van der Waals surface area contributed by atoms with Crippen LogP contribution >= 0.6 is 0 Å². The molecule has 27 heavy (non-hydrogen) atoms. The minimum atomic E-state index is -0.207. The minimum absolute atomic E-state index is 0.00859. The van der Waals surface area contributed by atoms with E-state index in [1.54, 1.807) is 0 Å². The quantitative estimate of drug-likeness (QED) is 0.512. The van der Waals surface area contributed by atoms with Gasteiger partial charge in [-0.15, -0.1) is 5.10 Å². The lowest BCUT2D eigenvalue weighted by Crippen LogP contribution is -2.46. The highest BCUT2D eigenvalue weighted by Gasteiger charge is 2.45. The van der Waals surface area contributed by atoms with Crippen LogP contribution in [0.1, 0.15) is 102 Å². The summed E-state index contributed by atoms with van der Waals surface area (Å²) in [6, 6.07) is 0. The molecule has 0 bridgehead atoms. The maximum absolute atomic E-state index is 6.06. The molecular weight excluding hydrogens is 334 g/mol. The average Bonchev–Trinajstić information content (AvgIpc) is 2.96. The summed E-state index contributed by atoms with van der Waals surface area (Å²) in [5, 5.41) is 9.18. The second kappa shape index (κ2) is 7.50. The molecule has 0 N–H and O–H groups in total. The summed E-state index contributed by atoms with van der Waals surface area (Å²) in [5.74, 6) is 0.552. The molecule has 0 atom stereocenters. The lowest BCUT2D eigenvalue weighted by atomic mass is 9.61. The SMILES string of the molecule is CCOC(C)(C)C(C)(C)CC(C)(C)n1cc(C(C)(C)C(C)(C)C(C)C)nn1. The van der Waals surface area contributed by atoms with Crippen LogP contribution in [0.2, 0.25) is 0 Å². The number of aromatic nitrogens is 3. The molecule has 0 aliphatic heterocycles. The molecule has 0 unspecified atom stereocenters. The van der Waals surface area contributed by atoms with Gasteiger partial charge in [0.15, 0.2) is 0 Å². The van der Waals surface area contributed by atoms with E-state index in [0.717, 1.165) is 18.7 Å². The van der Waals surface area contributed by atoms with Crippen LogP contribution in [-0.4, -0.2) is 27.2 Å². The number of ether oxygens (including phenoxy) is 1. The van der Waals surface area contributed by atoms with Gasteiger partial charge >= 0.3 is 0 Å². The minimum Gasteiger partial charge on any atom is -0.375 e. The fourth-order valence-corrected chi connectivity index (χ4v) is 3.83. The van der Waals surface area contributed by atoms with Gasteiger partial charge in [0.05, 0.1) is 16.8 Å². The van der Waals surface area contributed by atoms with E-state index >= 15 is 0 Å². The Hall–Kier alpha value is -0.900. The second-order valence-electron chi connectivity index (χ2n) is 11.4. The molecule has 0 saturated carbocycles. The van der Waals surface area contributed by atoms with E-state index in [1.165, 1.54) is 0 Å². The maximum Gasteiger partial charge on any atom is 0.0888 e. The van der Waals surface area contributed by atoms with Crippen LogP contribution in [0.15, 0.2) is 6.20 Å². The number of nitrogens with zero attached hydrogens (tertiary/aromatic N) is 3. The Kier molecular flexibility index (Phi) is 6.70. The van der Waals surface area contributed by atoms with Gasteiger partial charge in [-0.2, -0.15) is 0 Å². The predicted octanol–water partition coefficient (Wildman–Crippen LogP) is 6.20. The molecule has 1 heterocycles. The Morgan fingerprint density at radius 3 is 1.93 bits per heavy atom. The molecule has 0 aromatic carbocycles. The predicted molar refractivity (Wildman–Crippen MR) is 115 cm³/mol. The van der Waals surface area contributed by atoms with E-state index in [-0.39, 0.29) is 27.4 Å². The van der Waals surface area contributed by atoms with Gasteiger partial charge in [-0.1, -0.05) is 60.6 Å². The van der Waals surface area contributed by atoms with E-state index in [4.69, 9.17) is 4.74 Å². The first kappa shape index (κ1) is 24.1. The van der Waals surface area contributed by atoms with Gasteiger partial charge in [-0.05, 0) is 57.8 Å². The highest BCUT2D eigenvalue weighted by atomic mass is 16.5. The van der Waals surface area contributed by atoms with Crippen molar-refractivity contribution >= 4 is 0 Å². The number of hydrogen-bond acceptors (Lipinski definition) is 3. The van der Waals surface area contributed by atoms with Crippen molar-refractivity contribution in [3.8, 4) is 0 Å². The van der Waals surface area contributed by atoms with Gasteiger partial charge in [0, 0.05) is 18.2 Å². The Morgan fingerprint density at radius 1 is 0.963 bits per heavy atom. The van der Waals surface area contributed by atoms with Crippen molar-refractivity contribution in [3.05, 3.63) is 11.9 Å². The maximum atomic E-state index is 6.06. The molecule has 0 spiro atoms. The van der Waals surface area contributed by atoms with E-state index in [0.29, 0.717) is 5.92 Å². The Balaban J connectivity index is 3.18. The molecule has 1 rings (SSSR count). The molecule has 0 saturated heterocycles. The lowest BCUT2D eigenvalue weighted by molar-refractivity contribution is -0.107. The first-order valence-corrected chi connectivity index (χ1v) is 10.5. The lowest BCUT2D eigenvalue weighted by Gasteiger charge is -2.45. The third-order valence-electron chi connectivity index (χ3n) is 7.82. The molecule has 1 aromatic rings. The third kappa shape index (κ3) is 4.58. The molecule has 158 valence electrons. The normalized spacial score (nSPS) is 14.9. The van der Waals surface area contributed by atoms with Gasteiger partial charge in [0.1, 0.15) is 0 Å². The Labute approximate surface area is 168 Å². The first-order chi connectivity index (χ1) is 11.9. The number of rotatable bonds is 9. The molecule has 4 heteroatoms. The van der Waals surface area contributed by atoms with Crippen LogP contribution in [0.3, 0.4) is 0 Å². The van der Waals surface area contributed by atoms with E-state index in [1.807, 2.05) is 0 Å². The highest BCUT2D eigenvalue weighted by Crippen LogP contribution is 2.46. The van der Waals surface area contributed by atoms with Crippen LogP contribution in [0.25, 0.3) is 0 Å². The zero-order valence-corrected chi connectivity index (χ0v) is 20.3. The van der Waals surface area contributed by atoms with E-state index in [9.17, 15) is 0 Å². The average molecular weight is 380 g/mol. The molecular formula is C23H45N3O. The summed E-state index contributed by atoms with van der Waals surface area (Å²) in [4.78, 5) is 0. The van der Waals surface area contributed by atoms with Crippen LogP contribution in [-0.2, 0) is 15.7 Å². The smallest absolute Gasteiger partial charge is 0.0888 e. The van der Waals surface area contributed by atoms with Crippen molar-refractivity contribution in [1.82, 2.24) is 15.0 Å². The molecule has 0 fully saturated rings. The topological polar surface area (TPSA) is 39.9 Å². The zero-order valence-electron chi connectivity index (χ0n) is 20.3. The van der Waals surface area contributed by atoms with E-state index in [2.05, 4.69) is 111 Å². The molecule has 0 aliphatic rings. The summed E-state index contributed by atoms with van der Waals surface area (Å²) in [7, 11) is 0. The summed E-state index contributed by atoms with van der Waals surface area (Å²) in [6.07, 6.45) is 3.11. The molecule has 0 amide bonds. The van der Waals surface area contributed by atoms with Gasteiger partial charge in [0.25, 0.3) is 0 Å². The van der Waals surface area contributed by atoms with E-state index < -0.39 is 0 Å². The van der Waals surface area contributed by atoms with Crippen LogP contribution < -0.4 is 0 Å². The van der Waals surface area contributed by atoms with Crippen LogP contribution in [0.5, 0.6) is 0 Å². The number of hydrogen-bond donors (Lipinski definition) is 0. The van der Waals surface area contributed by atoms with Crippen molar-refractivity contribution in [2.75, 3.05) is 6.61 Å². The summed E-state index contributed by atoms with van der Waals surface area (Å²) in [6.45, 7) is 30.0. The third-order valence-corrected chi connectivity index (χ3v) is 7.82. The van der Waals surface area contributed by atoms with Gasteiger partial charge in [-0.3, -0.25) is 0 Å².